The van der Waals surface area contributed by atoms with Crippen LogP contribution in [-0.2, 0) is 22.4 Å². The Morgan fingerprint density at radius 3 is 2.54 bits per heavy atom. The molecule has 0 aromatic heterocycles. The Labute approximate surface area is 158 Å². The van der Waals surface area contributed by atoms with E-state index in [1.165, 1.54) is 5.56 Å². The summed E-state index contributed by atoms with van der Waals surface area (Å²) in [5, 5.41) is -0.512. The van der Waals surface area contributed by atoms with E-state index in [0.29, 0.717) is 19.5 Å². The van der Waals surface area contributed by atoms with Crippen LogP contribution in [0.1, 0.15) is 39.7 Å². The Bertz CT molecular complexity index is 618. The Hall–Kier alpha value is -1.44. The third-order valence-corrected chi connectivity index (χ3v) is 5.23. The minimum absolute atomic E-state index is 0.185. The van der Waals surface area contributed by atoms with Gasteiger partial charge in [0.15, 0.2) is 0 Å². The topological polar surface area (TPSA) is 72.9 Å². The van der Waals surface area contributed by atoms with Crippen LogP contribution in [0.25, 0.3) is 0 Å². The average molecular weight is 382 g/mol. The number of piperazine rings is 1. The van der Waals surface area contributed by atoms with Gasteiger partial charge in [-0.25, -0.2) is 4.79 Å². The van der Waals surface area contributed by atoms with Gasteiger partial charge in [0, 0.05) is 37.5 Å². The number of benzene rings is 1. The lowest BCUT2D eigenvalue weighted by molar-refractivity contribution is -0.00376. The molecule has 146 valence electrons. The van der Waals surface area contributed by atoms with Gasteiger partial charge in [-0.05, 0) is 32.8 Å². The van der Waals surface area contributed by atoms with Crippen molar-refractivity contribution in [3.05, 3.63) is 35.9 Å². The highest BCUT2D eigenvalue weighted by molar-refractivity contribution is 7.79. The lowest BCUT2D eigenvalue weighted by atomic mass is 10.1. The van der Waals surface area contributed by atoms with Gasteiger partial charge in [-0.2, -0.15) is 0 Å². The largest absolute Gasteiger partial charge is 0.772 e. The second-order valence-corrected chi connectivity index (χ2v) is 9.18. The third kappa shape index (κ3) is 6.37. The van der Waals surface area contributed by atoms with Gasteiger partial charge >= 0.3 is 6.09 Å². The van der Waals surface area contributed by atoms with Crippen LogP contribution in [0, 0.1) is 0 Å². The zero-order valence-electron chi connectivity index (χ0n) is 16.0. The van der Waals surface area contributed by atoms with Crippen molar-refractivity contribution >= 4 is 17.2 Å². The SMILES string of the molecule is CC(C[C@H]1CN(Cc2ccccc2)CCN1C(=O)OC(C)(C)C)S(=O)[O-]. The maximum atomic E-state index is 12.6. The molecular weight excluding hydrogens is 352 g/mol. The van der Waals surface area contributed by atoms with Gasteiger partial charge in [-0.1, -0.05) is 48.3 Å². The lowest BCUT2D eigenvalue weighted by Crippen LogP contribution is -2.56. The molecule has 1 aromatic carbocycles. The normalized spacial score (nSPS) is 21.3. The Morgan fingerprint density at radius 2 is 1.96 bits per heavy atom. The summed E-state index contributed by atoms with van der Waals surface area (Å²) in [5.41, 5.74) is 0.632. The molecule has 6 nitrogen and oxygen atoms in total. The van der Waals surface area contributed by atoms with Gasteiger partial charge in [-0.15, -0.1) is 0 Å². The van der Waals surface area contributed by atoms with Crippen LogP contribution in [0.15, 0.2) is 30.3 Å². The molecule has 1 heterocycles. The smallest absolute Gasteiger partial charge is 0.410 e. The zero-order chi connectivity index (χ0) is 19.3. The van der Waals surface area contributed by atoms with Crippen molar-refractivity contribution in [2.45, 2.75) is 57.6 Å². The van der Waals surface area contributed by atoms with Gasteiger partial charge in [0.1, 0.15) is 5.60 Å². The first kappa shape index (κ1) is 20.9. The van der Waals surface area contributed by atoms with Crippen molar-refractivity contribution in [2.75, 3.05) is 19.6 Å². The van der Waals surface area contributed by atoms with E-state index in [4.69, 9.17) is 4.74 Å². The van der Waals surface area contributed by atoms with E-state index < -0.39 is 21.9 Å². The summed E-state index contributed by atoms with van der Waals surface area (Å²) in [6, 6.07) is 9.96. The van der Waals surface area contributed by atoms with Crippen molar-refractivity contribution < 1.29 is 18.3 Å². The first-order valence-corrected chi connectivity index (χ1v) is 10.1. The number of carbonyl (C=O) groups excluding carboxylic acids is 1. The van der Waals surface area contributed by atoms with Crippen molar-refractivity contribution in [2.24, 2.45) is 0 Å². The van der Waals surface area contributed by atoms with Gasteiger partial charge in [0.25, 0.3) is 0 Å². The fourth-order valence-corrected chi connectivity index (χ4v) is 3.51. The molecule has 1 aliphatic heterocycles. The molecule has 3 atom stereocenters. The van der Waals surface area contributed by atoms with Crippen LogP contribution in [0.2, 0.25) is 0 Å². The van der Waals surface area contributed by atoms with E-state index in [-0.39, 0.29) is 12.1 Å². The van der Waals surface area contributed by atoms with Gasteiger partial charge in [-0.3, -0.25) is 9.11 Å². The first-order chi connectivity index (χ1) is 12.2. The predicted molar refractivity (Wildman–Crippen MR) is 101 cm³/mol. The van der Waals surface area contributed by atoms with Crippen LogP contribution in [0.4, 0.5) is 4.79 Å². The maximum Gasteiger partial charge on any atom is 0.410 e. The summed E-state index contributed by atoms with van der Waals surface area (Å²) in [7, 11) is 0. The lowest BCUT2D eigenvalue weighted by Gasteiger charge is -2.42. The standard InChI is InChI=1S/C19H30N2O4S/c1-15(26(23)24)12-17-14-20(13-16-8-6-5-7-9-16)10-11-21(17)18(22)25-19(2,3)4/h5-9,15,17H,10-14H2,1-4H3,(H,23,24)/p-1/t15?,17-/m0/s1. The Morgan fingerprint density at radius 1 is 1.31 bits per heavy atom. The van der Waals surface area contributed by atoms with Crippen molar-refractivity contribution in [3.8, 4) is 0 Å². The highest BCUT2D eigenvalue weighted by Gasteiger charge is 2.34. The second kappa shape index (κ2) is 8.97. The molecule has 1 aliphatic rings. The summed E-state index contributed by atoms with van der Waals surface area (Å²) < 4.78 is 28.1. The summed E-state index contributed by atoms with van der Waals surface area (Å²) >= 11 is -2.16. The quantitative estimate of drug-likeness (QED) is 0.733. The molecule has 0 radical (unpaired) electrons. The number of amides is 1. The summed E-state index contributed by atoms with van der Waals surface area (Å²) in [6.45, 7) is 9.86. The van der Waals surface area contributed by atoms with E-state index in [2.05, 4.69) is 17.0 Å². The number of nitrogens with zero attached hydrogens (tertiary/aromatic N) is 2. The van der Waals surface area contributed by atoms with Gasteiger partial charge in [0.2, 0.25) is 0 Å². The Kier molecular flexibility index (Phi) is 7.20. The number of hydrogen-bond donors (Lipinski definition) is 0. The van der Waals surface area contributed by atoms with Crippen LogP contribution in [-0.4, -0.2) is 61.2 Å². The van der Waals surface area contributed by atoms with Gasteiger partial charge < -0.3 is 14.2 Å². The summed E-state index contributed by atoms with van der Waals surface area (Å²) in [6.07, 6.45) is 0.0337. The van der Waals surface area contributed by atoms with E-state index in [1.54, 1.807) is 11.8 Å². The third-order valence-electron chi connectivity index (χ3n) is 4.38. The average Bonchev–Trinajstić information content (AvgIpc) is 2.54. The summed E-state index contributed by atoms with van der Waals surface area (Å²) in [5.74, 6) is 0. The maximum absolute atomic E-state index is 12.6. The number of carbonyl (C=O) groups is 1. The minimum Gasteiger partial charge on any atom is -0.772 e. The molecule has 0 spiro atoms. The van der Waals surface area contributed by atoms with E-state index in [1.807, 2.05) is 39.0 Å². The second-order valence-electron chi connectivity index (χ2n) is 7.86. The molecule has 1 amide bonds. The number of rotatable bonds is 5. The molecule has 0 aliphatic carbocycles. The molecule has 1 aromatic rings. The molecule has 0 saturated carbocycles. The predicted octanol–water partition coefficient (Wildman–Crippen LogP) is 2.77. The van der Waals surface area contributed by atoms with E-state index in [9.17, 15) is 13.6 Å². The van der Waals surface area contributed by atoms with E-state index in [0.717, 1.165) is 13.1 Å². The number of hydrogen-bond acceptors (Lipinski definition) is 5. The molecule has 2 unspecified atom stereocenters. The van der Waals surface area contributed by atoms with Crippen LogP contribution in [0.3, 0.4) is 0 Å². The summed E-state index contributed by atoms with van der Waals surface area (Å²) in [4.78, 5) is 16.5. The van der Waals surface area contributed by atoms with Crippen molar-refractivity contribution in [1.29, 1.82) is 0 Å². The fraction of sp³-hybridized carbons (Fsp3) is 0.632. The van der Waals surface area contributed by atoms with Crippen molar-refractivity contribution in [3.63, 3.8) is 0 Å². The minimum atomic E-state index is -2.16. The molecule has 1 fully saturated rings. The number of ether oxygens (including phenoxy) is 1. The highest BCUT2D eigenvalue weighted by Crippen LogP contribution is 2.21. The first-order valence-electron chi connectivity index (χ1n) is 8.99. The molecule has 0 bridgehead atoms. The molecule has 2 rings (SSSR count). The zero-order valence-corrected chi connectivity index (χ0v) is 16.8. The van der Waals surface area contributed by atoms with Crippen molar-refractivity contribution in [1.82, 2.24) is 9.80 Å². The monoisotopic (exact) mass is 381 g/mol. The van der Waals surface area contributed by atoms with Crippen LogP contribution in [0.5, 0.6) is 0 Å². The van der Waals surface area contributed by atoms with Crippen LogP contribution >= 0.6 is 0 Å². The van der Waals surface area contributed by atoms with Gasteiger partial charge in [0.05, 0.1) is 0 Å². The Balaban J connectivity index is 2.08. The fourth-order valence-electron chi connectivity index (χ4n) is 3.13. The molecule has 26 heavy (non-hydrogen) atoms. The molecule has 0 N–H and O–H groups in total. The molecule has 1 saturated heterocycles. The molecule has 7 heteroatoms. The molecular formula is C19H29N2O4S-. The van der Waals surface area contributed by atoms with E-state index >= 15 is 0 Å². The van der Waals surface area contributed by atoms with Crippen LogP contribution < -0.4 is 0 Å². The highest BCUT2D eigenvalue weighted by atomic mass is 32.2.